The van der Waals surface area contributed by atoms with Crippen molar-refractivity contribution in [2.24, 2.45) is 0 Å². The van der Waals surface area contributed by atoms with E-state index in [1.165, 1.54) is 7.11 Å². The number of imidazole rings is 1. The van der Waals surface area contributed by atoms with Crippen LogP contribution in [0.3, 0.4) is 0 Å². The minimum atomic E-state index is -1.56. The van der Waals surface area contributed by atoms with E-state index in [0.29, 0.717) is 11.6 Å². The van der Waals surface area contributed by atoms with Gasteiger partial charge < -0.3 is 49.4 Å². The standard InChI is InChI=1S/C32H38N4O7/c1-35(2)21-11-6-18(7-12-21)26-27(19-8-13-22(14-9-19)36(3)4)34-31(33-26)20-10-15-23(24(16-20)41-5)42-32-30(40)29(39)28(38)25(17-37)43-32/h6-16,25,28-30,32,37-40H,17H2,1-5H3,(H,33,34)/t25-,28+,29+,30-,32-/m1/s1. The third-order valence-electron chi connectivity index (χ3n) is 7.56. The fourth-order valence-corrected chi connectivity index (χ4v) is 4.97. The number of aliphatic hydroxyl groups excluding tert-OH is 4. The normalized spacial score (nSPS) is 21.8. The molecule has 1 aromatic heterocycles. The predicted octanol–water partition coefficient (Wildman–Crippen LogP) is 2.73. The highest BCUT2D eigenvalue weighted by Gasteiger charge is 2.45. The zero-order valence-electron chi connectivity index (χ0n) is 24.8. The summed E-state index contributed by atoms with van der Waals surface area (Å²) >= 11 is 0. The van der Waals surface area contributed by atoms with E-state index in [9.17, 15) is 20.4 Å². The Labute approximate surface area is 250 Å². The van der Waals surface area contributed by atoms with Crippen LogP contribution >= 0.6 is 0 Å². The van der Waals surface area contributed by atoms with Gasteiger partial charge in [-0.25, -0.2) is 4.98 Å². The molecule has 43 heavy (non-hydrogen) atoms. The van der Waals surface area contributed by atoms with E-state index in [-0.39, 0.29) is 5.75 Å². The van der Waals surface area contributed by atoms with Crippen molar-refractivity contribution in [2.75, 3.05) is 51.7 Å². The quantitative estimate of drug-likeness (QED) is 0.197. The van der Waals surface area contributed by atoms with Gasteiger partial charge in [0.05, 0.1) is 25.1 Å². The highest BCUT2D eigenvalue weighted by Crippen LogP contribution is 2.38. The molecule has 2 heterocycles. The molecule has 5 N–H and O–H groups in total. The second-order valence-electron chi connectivity index (χ2n) is 10.9. The molecule has 1 aliphatic rings. The van der Waals surface area contributed by atoms with Crippen LogP contribution in [-0.2, 0) is 4.74 Å². The molecule has 4 aromatic rings. The first kappa shape index (κ1) is 30.3. The van der Waals surface area contributed by atoms with E-state index in [1.54, 1.807) is 18.2 Å². The minimum absolute atomic E-state index is 0.237. The average molecular weight is 591 g/mol. The molecule has 0 unspecified atom stereocenters. The summed E-state index contributed by atoms with van der Waals surface area (Å²) in [6.45, 7) is -0.556. The largest absolute Gasteiger partial charge is 0.493 e. The van der Waals surface area contributed by atoms with Gasteiger partial charge in [0.2, 0.25) is 6.29 Å². The number of hydrogen-bond acceptors (Lipinski definition) is 10. The number of rotatable bonds is 9. The number of aromatic amines is 1. The van der Waals surface area contributed by atoms with Gasteiger partial charge in [-0.2, -0.15) is 0 Å². The van der Waals surface area contributed by atoms with Gasteiger partial charge >= 0.3 is 0 Å². The van der Waals surface area contributed by atoms with Crippen LogP contribution in [0.1, 0.15) is 0 Å². The van der Waals surface area contributed by atoms with Crippen molar-refractivity contribution in [3.63, 3.8) is 0 Å². The number of aliphatic hydroxyl groups is 4. The molecular formula is C32H38N4O7. The van der Waals surface area contributed by atoms with Crippen molar-refractivity contribution in [2.45, 2.75) is 30.7 Å². The van der Waals surface area contributed by atoms with E-state index in [0.717, 1.165) is 39.5 Å². The summed E-state index contributed by atoms with van der Waals surface area (Å²) in [5.41, 5.74) is 6.47. The molecule has 0 spiro atoms. The molecule has 5 rings (SSSR count). The van der Waals surface area contributed by atoms with E-state index in [2.05, 4.69) is 41.4 Å². The van der Waals surface area contributed by atoms with Gasteiger partial charge in [-0.1, -0.05) is 24.3 Å². The first-order chi connectivity index (χ1) is 20.6. The number of anilines is 2. The lowest BCUT2D eigenvalue weighted by atomic mass is 9.99. The van der Waals surface area contributed by atoms with Crippen LogP contribution < -0.4 is 19.3 Å². The number of methoxy groups -OCH3 is 1. The van der Waals surface area contributed by atoms with Crippen LogP contribution in [0.15, 0.2) is 66.7 Å². The fraction of sp³-hybridized carbons (Fsp3) is 0.344. The van der Waals surface area contributed by atoms with Crippen LogP contribution in [0.2, 0.25) is 0 Å². The van der Waals surface area contributed by atoms with E-state index in [1.807, 2.05) is 50.1 Å². The second-order valence-corrected chi connectivity index (χ2v) is 10.9. The lowest BCUT2D eigenvalue weighted by Crippen LogP contribution is -2.60. The van der Waals surface area contributed by atoms with Crippen molar-refractivity contribution in [1.29, 1.82) is 0 Å². The first-order valence-corrected chi connectivity index (χ1v) is 13.9. The first-order valence-electron chi connectivity index (χ1n) is 13.9. The Bertz CT molecular complexity index is 1450. The van der Waals surface area contributed by atoms with Crippen LogP contribution in [0.4, 0.5) is 11.4 Å². The zero-order valence-corrected chi connectivity index (χ0v) is 24.8. The number of benzene rings is 3. The Hall–Kier alpha value is -4.13. The van der Waals surface area contributed by atoms with E-state index < -0.39 is 37.3 Å². The lowest BCUT2D eigenvalue weighted by Gasteiger charge is -2.39. The number of nitrogens with zero attached hydrogens (tertiary/aromatic N) is 3. The Morgan fingerprint density at radius 2 is 1.35 bits per heavy atom. The topological polar surface area (TPSA) is 144 Å². The number of hydrogen-bond donors (Lipinski definition) is 5. The molecule has 11 nitrogen and oxygen atoms in total. The number of aromatic nitrogens is 2. The summed E-state index contributed by atoms with van der Waals surface area (Å²) in [5, 5.41) is 40.2. The molecule has 0 bridgehead atoms. The van der Waals surface area contributed by atoms with Crippen molar-refractivity contribution < 1.29 is 34.6 Å². The van der Waals surface area contributed by atoms with Gasteiger partial charge in [0, 0.05) is 56.3 Å². The third-order valence-corrected chi connectivity index (χ3v) is 7.56. The second kappa shape index (κ2) is 12.6. The zero-order chi connectivity index (χ0) is 30.8. The Kier molecular flexibility index (Phi) is 8.90. The molecule has 228 valence electrons. The number of ether oxygens (including phenoxy) is 3. The summed E-state index contributed by atoms with van der Waals surface area (Å²) < 4.78 is 16.9. The van der Waals surface area contributed by atoms with Gasteiger partial charge in [-0.05, 0) is 42.5 Å². The van der Waals surface area contributed by atoms with Crippen molar-refractivity contribution >= 4 is 11.4 Å². The van der Waals surface area contributed by atoms with Gasteiger partial charge in [0.25, 0.3) is 0 Å². The molecule has 0 aliphatic carbocycles. The summed E-state index contributed by atoms with van der Waals surface area (Å²) in [5.74, 6) is 1.18. The van der Waals surface area contributed by atoms with Gasteiger partial charge in [-0.3, -0.25) is 0 Å². The molecule has 1 saturated heterocycles. The van der Waals surface area contributed by atoms with Crippen molar-refractivity contribution in [3.05, 3.63) is 66.7 Å². The number of nitrogens with one attached hydrogen (secondary N) is 1. The monoisotopic (exact) mass is 590 g/mol. The molecule has 1 fully saturated rings. The molecular weight excluding hydrogens is 552 g/mol. The summed E-state index contributed by atoms with van der Waals surface area (Å²) in [4.78, 5) is 12.6. The van der Waals surface area contributed by atoms with E-state index in [4.69, 9.17) is 19.2 Å². The van der Waals surface area contributed by atoms with Crippen LogP contribution in [-0.4, -0.2) is 103 Å². The van der Waals surface area contributed by atoms with Crippen molar-refractivity contribution in [3.8, 4) is 45.4 Å². The van der Waals surface area contributed by atoms with Gasteiger partial charge in [-0.15, -0.1) is 0 Å². The summed E-state index contributed by atoms with van der Waals surface area (Å²) in [6.07, 6.45) is -7.01. The Morgan fingerprint density at radius 1 is 0.767 bits per heavy atom. The van der Waals surface area contributed by atoms with Gasteiger partial charge in [0.15, 0.2) is 11.5 Å². The molecule has 3 aromatic carbocycles. The molecule has 1 aliphatic heterocycles. The average Bonchev–Trinajstić information content (AvgIpc) is 3.47. The van der Waals surface area contributed by atoms with Crippen LogP contribution in [0, 0.1) is 0 Å². The van der Waals surface area contributed by atoms with Crippen molar-refractivity contribution in [1.82, 2.24) is 9.97 Å². The maximum Gasteiger partial charge on any atom is 0.229 e. The molecule has 0 radical (unpaired) electrons. The molecule has 5 atom stereocenters. The highest BCUT2D eigenvalue weighted by molar-refractivity contribution is 5.82. The number of H-pyrrole nitrogens is 1. The molecule has 11 heteroatoms. The Balaban J connectivity index is 1.51. The van der Waals surface area contributed by atoms with E-state index >= 15 is 0 Å². The lowest BCUT2D eigenvalue weighted by molar-refractivity contribution is -0.277. The fourth-order valence-electron chi connectivity index (χ4n) is 4.97. The van der Waals surface area contributed by atoms with Crippen LogP contribution in [0.25, 0.3) is 33.9 Å². The third kappa shape index (κ3) is 6.17. The predicted molar refractivity (Wildman–Crippen MR) is 164 cm³/mol. The van der Waals surface area contributed by atoms with Crippen LogP contribution in [0.5, 0.6) is 11.5 Å². The Morgan fingerprint density at radius 3 is 1.91 bits per heavy atom. The maximum absolute atomic E-state index is 10.4. The molecule has 0 amide bonds. The maximum atomic E-state index is 10.4. The minimum Gasteiger partial charge on any atom is -0.493 e. The SMILES string of the molecule is COc1cc(-c2nc(-c3ccc(N(C)C)cc3)c(-c3ccc(N(C)C)cc3)[nH]2)ccc1O[C@@H]1O[C@H](CO)[C@H](O)[C@H](O)[C@H]1O. The molecule has 0 saturated carbocycles. The summed E-state index contributed by atoms with van der Waals surface area (Å²) in [6, 6.07) is 21.6. The highest BCUT2D eigenvalue weighted by atomic mass is 16.7. The summed E-state index contributed by atoms with van der Waals surface area (Å²) in [7, 11) is 9.48. The van der Waals surface area contributed by atoms with Gasteiger partial charge in [0.1, 0.15) is 30.2 Å². The smallest absolute Gasteiger partial charge is 0.229 e.